The maximum absolute atomic E-state index is 11.9. The number of nitrogens with one attached hydrogen (secondary N) is 4. The number of carbonyl (C=O) groups is 4. The van der Waals surface area contributed by atoms with Crippen LogP contribution in [0.1, 0.15) is 63.7 Å². The zero-order valence-corrected chi connectivity index (χ0v) is 30.9. The molecule has 4 aromatic rings. The van der Waals surface area contributed by atoms with Crippen LogP contribution in [0.3, 0.4) is 0 Å². The van der Waals surface area contributed by atoms with Crippen LogP contribution in [0.5, 0.6) is 0 Å². The molecule has 0 aliphatic heterocycles. The Morgan fingerprint density at radius 1 is 0.364 bits per heavy atom. The first-order chi connectivity index (χ1) is 20.1. The van der Waals surface area contributed by atoms with Crippen LogP contribution in [0.25, 0.3) is 0 Å². The molecular weight excluding hydrogens is 760 g/mol. The molecule has 0 heterocycles. The Morgan fingerprint density at radius 2 is 0.523 bits per heavy atom. The van der Waals surface area contributed by atoms with Gasteiger partial charge in [-0.15, -0.1) is 0 Å². The fourth-order valence-electron chi connectivity index (χ4n) is 3.40. The molecule has 0 fully saturated rings. The molecule has 0 unspecified atom stereocenters. The van der Waals surface area contributed by atoms with Gasteiger partial charge in [0.15, 0.2) is 0 Å². The van der Waals surface area contributed by atoms with Gasteiger partial charge in [0.2, 0.25) is 0 Å². The molecule has 0 atom stereocenters. The SMILES string of the molecule is Cc1ccc(C(=O)[NH][Ti+][NH]C(=O)c2ccc(C)cc2)cc1.Cc1ccc(C(=O)[NH][Ti+][NH]C(=O)c2ccc(C)cc2)cc1.[Br-].[Br-]. The van der Waals surface area contributed by atoms with E-state index in [1.165, 1.54) is 0 Å². The Balaban J connectivity index is 0.000000421. The second-order valence-electron chi connectivity index (χ2n) is 9.53. The van der Waals surface area contributed by atoms with E-state index in [9.17, 15) is 19.2 Å². The van der Waals surface area contributed by atoms with Gasteiger partial charge in [-0.05, 0) is 0 Å². The number of benzene rings is 4. The zero-order valence-electron chi connectivity index (χ0n) is 24.6. The minimum Gasteiger partial charge on any atom is -1.00 e. The molecule has 4 amide bonds. The van der Waals surface area contributed by atoms with Crippen molar-refractivity contribution in [1.82, 2.24) is 15.2 Å². The monoisotopic (exact) mass is 790 g/mol. The molecule has 0 aliphatic rings. The van der Waals surface area contributed by atoms with E-state index in [-0.39, 0.29) is 57.6 Å². The van der Waals surface area contributed by atoms with E-state index < -0.39 is 39.3 Å². The summed E-state index contributed by atoms with van der Waals surface area (Å²) in [4.78, 5) is 47.5. The summed E-state index contributed by atoms with van der Waals surface area (Å²) in [7, 11) is 0. The summed E-state index contributed by atoms with van der Waals surface area (Å²) in [5, 5.41) is 0. The normalized spacial score (nSPS) is 9.18. The summed E-state index contributed by atoms with van der Waals surface area (Å²) in [6.07, 6.45) is 0. The van der Waals surface area contributed by atoms with E-state index in [1.54, 1.807) is 48.5 Å². The first kappa shape index (κ1) is 39.2. The molecule has 12 heteroatoms. The number of hydrogen-bond donors (Lipinski definition) is 4. The van der Waals surface area contributed by atoms with Crippen LogP contribution in [0.4, 0.5) is 0 Å². The Hall–Kier alpha value is -2.85. The third-order valence-corrected chi connectivity index (χ3v) is 8.16. The van der Waals surface area contributed by atoms with E-state index in [0.29, 0.717) is 22.3 Å². The third kappa shape index (κ3) is 13.4. The van der Waals surface area contributed by atoms with E-state index in [1.807, 2.05) is 76.2 Å². The number of amides is 4. The average Bonchev–Trinajstić information content (AvgIpc) is 2.98. The number of halogens is 2. The number of rotatable bonds is 8. The van der Waals surface area contributed by atoms with Gasteiger partial charge in [-0.2, -0.15) is 0 Å². The van der Waals surface area contributed by atoms with Gasteiger partial charge in [0.1, 0.15) is 0 Å². The van der Waals surface area contributed by atoms with Gasteiger partial charge in [0.05, 0.1) is 0 Å². The van der Waals surface area contributed by atoms with Crippen molar-refractivity contribution in [2.45, 2.75) is 27.7 Å². The van der Waals surface area contributed by atoms with Crippen LogP contribution in [-0.2, 0) is 39.3 Å². The van der Waals surface area contributed by atoms with E-state index >= 15 is 0 Å². The van der Waals surface area contributed by atoms with Gasteiger partial charge in [-0.1, -0.05) is 0 Å². The quantitative estimate of drug-likeness (QED) is 0.167. The molecule has 0 saturated heterocycles. The fourth-order valence-corrected chi connectivity index (χ4v) is 5.20. The summed E-state index contributed by atoms with van der Waals surface area (Å²) < 4.78 is 11.1. The van der Waals surface area contributed by atoms with Crippen molar-refractivity contribution in [3.8, 4) is 0 Å². The van der Waals surface area contributed by atoms with E-state index in [4.69, 9.17) is 0 Å². The van der Waals surface area contributed by atoms with Gasteiger partial charge in [-0.25, -0.2) is 0 Å². The molecule has 4 N–H and O–H groups in total. The predicted octanol–water partition coefficient (Wildman–Crippen LogP) is -1.24. The molecule has 226 valence electrons. The Kier molecular flexibility index (Phi) is 18.0. The van der Waals surface area contributed by atoms with Crippen molar-refractivity contribution < 1.29 is 92.5 Å². The molecule has 4 aromatic carbocycles. The molecule has 8 nitrogen and oxygen atoms in total. The van der Waals surface area contributed by atoms with E-state index in [0.717, 1.165) is 22.3 Å². The second kappa shape index (κ2) is 20.2. The Labute approximate surface area is 298 Å². The average molecular weight is 792 g/mol. The van der Waals surface area contributed by atoms with Gasteiger partial charge in [0, 0.05) is 0 Å². The predicted molar refractivity (Wildman–Crippen MR) is 155 cm³/mol. The first-order valence-electron chi connectivity index (χ1n) is 13.1. The van der Waals surface area contributed by atoms with Crippen LogP contribution >= 0.6 is 0 Å². The standard InChI is InChI=1S/4C8H9NO.2BrH.2Ti/c4*1-6-2-4-7(5-3-6)8(9)10;;;;/h4*2-5H,1H3,(H2,9,10);2*1H;;/q;;;;;;2*+3/p-6. The van der Waals surface area contributed by atoms with E-state index in [2.05, 4.69) is 15.2 Å². The van der Waals surface area contributed by atoms with Crippen LogP contribution in [0, 0.1) is 27.7 Å². The molecule has 0 aliphatic carbocycles. The van der Waals surface area contributed by atoms with Gasteiger partial charge < -0.3 is 34.0 Å². The fraction of sp³-hybridized carbons (Fsp3) is 0.125. The minimum atomic E-state index is -1.06. The second-order valence-corrected chi connectivity index (χ2v) is 11.9. The van der Waals surface area contributed by atoms with Crippen molar-refractivity contribution in [2.24, 2.45) is 0 Å². The van der Waals surface area contributed by atoms with Crippen molar-refractivity contribution >= 4 is 23.6 Å². The van der Waals surface area contributed by atoms with Crippen LogP contribution < -0.4 is 49.2 Å². The summed E-state index contributed by atoms with van der Waals surface area (Å²) in [5.74, 6) is -0.614. The van der Waals surface area contributed by atoms with Gasteiger partial charge in [-0.3, -0.25) is 0 Å². The molecule has 44 heavy (non-hydrogen) atoms. The number of aryl methyl sites for hydroxylation is 4. The van der Waals surface area contributed by atoms with Crippen molar-refractivity contribution in [1.29, 1.82) is 0 Å². The topological polar surface area (TPSA) is 116 Å². The maximum atomic E-state index is 11.9. The van der Waals surface area contributed by atoms with Crippen molar-refractivity contribution in [2.75, 3.05) is 0 Å². The van der Waals surface area contributed by atoms with Crippen LogP contribution in [0.2, 0.25) is 0 Å². The molecule has 0 saturated carbocycles. The molecule has 0 spiro atoms. The number of carbonyl (C=O) groups excluding carboxylic acids is 4. The van der Waals surface area contributed by atoms with Crippen LogP contribution in [-0.4, -0.2) is 23.6 Å². The summed E-state index contributed by atoms with van der Waals surface area (Å²) in [6.45, 7) is 7.88. The van der Waals surface area contributed by atoms with Gasteiger partial charge >= 0.3 is 267 Å². The Morgan fingerprint density at radius 3 is 0.682 bits per heavy atom. The van der Waals surface area contributed by atoms with Crippen LogP contribution in [0.15, 0.2) is 97.1 Å². The smallest absolute Gasteiger partial charge is 1.00 e. The van der Waals surface area contributed by atoms with Crippen molar-refractivity contribution in [3.63, 3.8) is 0 Å². The first-order valence-corrected chi connectivity index (χ1v) is 16.2. The third-order valence-electron chi connectivity index (χ3n) is 5.96. The zero-order chi connectivity index (χ0) is 30.5. The summed E-state index contributed by atoms with van der Waals surface area (Å²) in [6, 6.07) is 29.3. The largest absolute Gasteiger partial charge is 1.00 e. The molecule has 0 bridgehead atoms. The maximum Gasteiger partial charge on any atom is -1.00 e. The summed E-state index contributed by atoms with van der Waals surface area (Å²) in [5.41, 5.74) is 6.85. The number of hydrogen-bond acceptors (Lipinski definition) is 4. The Bertz CT molecular complexity index is 1290. The molecule has 4 rings (SSSR count). The molecule has 0 aromatic heterocycles. The van der Waals surface area contributed by atoms with Crippen molar-refractivity contribution in [3.05, 3.63) is 142 Å². The molecular formula is C32H32Br2N4O4Ti2. The molecule has 0 radical (unpaired) electrons. The summed E-state index contributed by atoms with van der Waals surface area (Å²) >= 11 is -2.12. The van der Waals surface area contributed by atoms with Gasteiger partial charge in [0.25, 0.3) is 0 Å². The minimum absolute atomic E-state index is 0.